The monoisotopic (exact) mass is 353 g/mol. The summed E-state index contributed by atoms with van der Waals surface area (Å²) in [5.41, 5.74) is 0.502. The highest BCUT2D eigenvalue weighted by Gasteiger charge is 2.31. The van der Waals surface area contributed by atoms with Crippen molar-refractivity contribution in [2.75, 3.05) is 26.2 Å². The molecule has 24 heavy (non-hydrogen) atoms. The van der Waals surface area contributed by atoms with Crippen molar-refractivity contribution >= 4 is 23.4 Å². The van der Waals surface area contributed by atoms with Crippen LogP contribution >= 0.6 is 11.6 Å². The van der Waals surface area contributed by atoms with Gasteiger partial charge in [0.25, 0.3) is 0 Å². The molecule has 2 saturated heterocycles. The first-order valence-corrected chi connectivity index (χ1v) is 8.66. The first-order valence-electron chi connectivity index (χ1n) is 8.28. The molecular weight excluding hydrogens is 333 g/mol. The fourth-order valence-electron chi connectivity index (χ4n) is 3.28. The van der Waals surface area contributed by atoms with E-state index in [1.54, 1.807) is 17.0 Å². The van der Waals surface area contributed by atoms with Crippen molar-refractivity contribution in [2.45, 2.75) is 31.8 Å². The Balaban J connectivity index is 1.59. The molecule has 0 bridgehead atoms. The smallest absolute Gasteiger partial charge is 0.245 e. The lowest BCUT2D eigenvalue weighted by Gasteiger charge is -2.24. The average molecular weight is 354 g/mol. The molecule has 0 spiro atoms. The summed E-state index contributed by atoms with van der Waals surface area (Å²) in [6.45, 7) is 3.13. The standard InChI is InChI=1S/C17H21ClFN3O2/c18-13-3-1-4-14(19)12(13)11-21-7-2-8-22(10-9-21)17(24)15-5-6-16(23)20-15/h1,3-4,15H,2,5-11H2,(H,20,23). The van der Waals surface area contributed by atoms with Crippen LogP contribution in [0.3, 0.4) is 0 Å². The molecule has 3 rings (SSSR count). The van der Waals surface area contributed by atoms with E-state index in [4.69, 9.17) is 11.6 Å². The van der Waals surface area contributed by atoms with E-state index in [0.717, 1.165) is 13.0 Å². The number of rotatable bonds is 3. The molecule has 2 aliphatic rings. The minimum absolute atomic E-state index is 0.00776. The lowest BCUT2D eigenvalue weighted by Crippen LogP contribution is -2.45. The van der Waals surface area contributed by atoms with Crippen LogP contribution in [0.5, 0.6) is 0 Å². The van der Waals surface area contributed by atoms with Gasteiger partial charge in [0, 0.05) is 49.7 Å². The summed E-state index contributed by atoms with van der Waals surface area (Å²) in [6.07, 6.45) is 1.81. The van der Waals surface area contributed by atoms with E-state index in [9.17, 15) is 14.0 Å². The van der Waals surface area contributed by atoms with Gasteiger partial charge in [-0.15, -0.1) is 0 Å². The summed E-state index contributed by atoms with van der Waals surface area (Å²) in [5, 5.41) is 3.16. The number of halogens is 2. The predicted octanol–water partition coefficient (Wildman–Crippen LogP) is 1.79. The highest BCUT2D eigenvalue weighted by Crippen LogP contribution is 2.21. The summed E-state index contributed by atoms with van der Waals surface area (Å²) < 4.78 is 13.9. The highest BCUT2D eigenvalue weighted by atomic mass is 35.5. The van der Waals surface area contributed by atoms with Crippen molar-refractivity contribution in [1.29, 1.82) is 0 Å². The van der Waals surface area contributed by atoms with Gasteiger partial charge in [0.15, 0.2) is 0 Å². The largest absolute Gasteiger partial charge is 0.344 e. The summed E-state index contributed by atoms with van der Waals surface area (Å²) >= 11 is 6.10. The molecular formula is C17H21ClFN3O2. The molecule has 130 valence electrons. The zero-order valence-corrected chi connectivity index (χ0v) is 14.2. The molecule has 1 aromatic rings. The third-order valence-corrected chi connectivity index (χ3v) is 4.99. The number of carbonyl (C=O) groups is 2. The van der Waals surface area contributed by atoms with Crippen molar-refractivity contribution in [2.24, 2.45) is 0 Å². The van der Waals surface area contributed by atoms with Crippen molar-refractivity contribution in [3.63, 3.8) is 0 Å². The molecule has 2 aliphatic heterocycles. The molecule has 2 amide bonds. The van der Waals surface area contributed by atoms with E-state index in [1.807, 2.05) is 0 Å². The van der Waals surface area contributed by atoms with Crippen LogP contribution in [0.1, 0.15) is 24.8 Å². The molecule has 1 aromatic carbocycles. The Bertz CT molecular complexity index is 620. The van der Waals surface area contributed by atoms with E-state index in [2.05, 4.69) is 10.2 Å². The van der Waals surface area contributed by atoms with Crippen molar-refractivity contribution in [3.05, 3.63) is 34.6 Å². The summed E-state index contributed by atoms with van der Waals surface area (Å²) in [4.78, 5) is 27.7. The fourth-order valence-corrected chi connectivity index (χ4v) is 3.50. The summed E-state index contributed by atoms with van der Waals surface area (Å²) in [7, 11) is 0. The molecule has 0 aromatic heterocycles. The lowest BCUT2D eigenvalue weighted by molar-refractivity contribution is -0.134. The highest BCUT2D eigenvalue weighted by molar-refractivity contribution is 6.31. The zero-order valence-electron chi connectivity index (χ0n) is 13.4. The van der Waals surface area contributed by atoms with E-state index in [1.165, 1.54) is 6.07 Å². The Hall–Kier alpha value is -1.66. The number of nitrogens with one attached hydrogen (secondary N) is 1. The SMILES string of the molecule is O=C1CCC(C(=O)N2CCCN(Cc3c(F)cccc3Cl)CC2)N1. The third kappa shape index (κ3) is 3.87. The van der Waals surface area contributed by atoms with Gasteiger partial charge in [0.1, 0.15) is 11.9 Å². The quantitative estimate of drug-likeness (QED) is 0.901. The van der Waals surface area contributed by atoms with Gasteiger partial charge in [-0.1, -0.05) is 17.7 Å². The normalized spacial score (nSPS) is 22.3. The van der Waals surface area contributed by atoms with Crippen LogP contribution in [-0.2, 0) is 16.1 Å². The minimum Gasteiger partial charge on any atom is -0.344 e. The number of benzene rings is 1. The molecule has 1 atom stereocenters. The van der Waals surface area contributed by atoms with Crippen LogP contribution in [0.4, 0.5) is 4.39 Å². The van der Waals surface area contributed by atoms with Gasteiger partial charge in [-0.25, -0.2) is 4.39 Å². The van der Waals surface area contributed by atoms with Gasteiger partial charge in [-0.05, 0) is 25.0 Å². The Morgan fingerprint density at radius 2 is 2.12 bits per heavy atom. The molecule has 5 nitrogen and oxygen atoms in total. The zero-order chi connectivity index (χ0) is 17.1. The van der Waals surface area contributed by atoms with Crippen molar-refractivity contribution in [3.8, 4) is 0 Å². The maximum Gasteiger partial charge on any atom is 0.245 e. The first-order chi connectivity index (χ1) is 11.5. The molecule has 0 saturated carbocycles. The van der Waals surface area contributed by atoms with Crippen LogP contribution in [-0.4, -0.2) is 53.8 Å². The van der Waals surface area contributed by atoms with Crippen molar-refractivity contribution in [1.82, 2.24) is 15.1 Å². The molecule has 2 heterocycles. The average Bonchev–Trinajstić information content (AvgIpc) is 2.85. The Labute approximate surface area is 145 Å². The van der Waals surface area contributed by atoms with Gasteiger partial charge in [0.05, 0.1) is 0 Å². The number of hydrogen-bond acceptors (Lipinski definition) is 3. The topological polar surface area (TPSA) is 52.7 Å². The van der Waals surface area contributed by atoms with E-state index < -0.39 is 0 Å². The molecule has 0 radical (unpaired) electrons. The second-order valence-electron chi connectivity index (χ2n) is 6.31. The van der Waals surface area contributed by atoms with Gasteiger partial charge >= 0.3 is 0 Å². The fraction of sp³-hybridized carbons (Fsp3) is 0.529. The van der Waals surface area contributed by atoms with Gasteiger partial charge in [0.2, 0.25) is 11.8 Å². The van der Waals surface area contributed by atoms with Gasteiger partial charge < -0.3 is 10.2 Å². The van der Waals surface area contributed by atoms with Crippen LogP contribution in [0.2, 0.25) is 5.02 Å². The maximum atomic E-state index is 13.9. The number of hydrogen-bond donors (Lipinski definition) is 1. The Morgan fingerprint density at radius 1 is 1.29 bits per heavy atom. The molecule has 1 N–H and O–H groups in total. The molecule has 0 aliphatic carbocycles. The van der Waals surface area contributed by atoms with Crippen LogP contribution in [0.25, 0.3) is 0 Å². The minimum atomic E-state index is -0.384. The Morgan fingerprint density at radius 3 is 2.83 bits per heavy atom. The summed E-state index contributed by atoms with van der Waals surface area (Å²) in [6, 6.07) is 4.32. The third-order valence-electron chi connectivity index (χ3n) is 4.64. The van der Waals surface area contributed by atoms with Crippen LogP contribution < -0.4 is 5.32 Å². The van der Waals surface area contributed by atoms with Crippen molar-refractivity contribution < 1.29 is 14.0 Å². The predicted molar refractivity (Wildman–Crippen MR) is 89.0 cm³/mol. The number of carbonyl (C=O) groups excluding carboxylic acids is 2. The van der Waals surface area contributed by atoms with E-state index in [0.29, 0.717) is 49.6 Å². The molecule has 7 heteroatoms. The summed E-state index contributed by atoms with van der Waals surface area (Å²) in [5.74, 6) is -0.362. The number of amides is 2. The first kappa shape index (κ1) is 17.2. The van der Waals surface area contributed by atoms with Gasteiger partial charge in [-0.3, -0.25) is 14.5 Å². The lowest BCUT2D eigenvalue weighted by atomic mass is 10.2. The number of nitrogens with zero attached hydrogens (tertiary/aromatic N) is 2. The van der Waals surface area contributed by atoms with Gasteiger partial charge in [-0.2, -0.15) is 0 Å². The molecule has 1 unspecified atom stereocenters. The second kappa shape index (κ2) is 7.49. The Kier molecular flexibility index (Phi) is 5.36. The van der Waals surface area contributed by atoms with Crippen LogP contribution in [0, 0.1) is 5.82 Å². The maximum absolute atomic E-state index is 13.9. The van der Waals surface area contributed by atoms with E-state index >= 15 is 0 Å². The molecule has 2 fully saturated rings. The van der Waals surface area contributed by atoms with Crippen LogP contribution in [0.15, 0.2) is 18.2 Å². The van der Waals surface area contributed by atoms with E-state index in [-0.39, 0.29) is 23.7 Å². The second-order valence-corrected chi connectivity index (χ2v) is 6.72.